The lowest BCUT2D eigenvalue weighted by Crippen LogP contribution is -2.13. The predicted octanol–water partition coefficient (Wildman–Crippen LogP) is 5.78. The summed E-state index contributed by atoms with van der Waals surface area (Å²) in [6, 6.07) is 0. The summed E-state index contributed by atoms with van der Waals surface area (Å²) in [5.41, 5.74) is 0.946. The van der Waals surface area contributed by atoms with E-state index in [0.717, 1.165) is 12.0 Å². The highest BCUT2D eigenvalue weighted by Crippen LogP contribution is 2.28. The van der Waals surface area contributed by atoms with Crippen LogP contribution in [0.1, 0.15) is 67.2 Å². The molecule has 0 bridgehead atoms. The molecule has 0 aromatic rings. The molecule has 0 aliphatic heterocycles. The normalized spacial score (nSPS) is 14.6. The molecule has 0 saturated carbocycles. The quantitative estimate of drug-likeness (QED) is 0.289. The van der Waals surface area contributed by atoms with Crippen molar-refractivity contribution in [3.05, 3.63) is 23.8 Å². The second-order valence-electron chi connectivity index (χ2n) is 6.97. The van der Waals surface area contributed by atoms with Gasteiger partial charge in [-0.15, -0.1) is 0 Å². The van der Waals surface area contributed by atoms with E-state index in [1.54, 1.807) is 6.08 Å². The van der Waals surface area contributed by atoms with Gasteiger partial charge >= 0.3 is 5.97 Å². The Labute approximate surface area is 141 Å². The fourth-order valence-electron chi connectivity index (χ4n) is 2.08. The first-order valence-electron chi connectivity index (χ1n) is 8.27. The van der Waals surface area contributed by atoms with E-state index in [0.29, 0.717) is 10.7 Å². The number of carbonyl (C=O) groups excluding carboxylic acids is 1. The zero-order valence-corrected chi connectivity index (χ0v) is 16.3. The van der Waals surface area contributed by atoms with E-state index in [2.05, 4.69) is 33.1 Å². The number of ether oxygens (including phenoxy) is 1. The summed E-state index contributed by atoms with van der Waals surface area (Å²) < 4.78 is 5.49. The topological polar surface area (TPSA) is 26.3 Å². The van der Waals surface area contributed by atoms with Gasteiger partial charge in [-0.1, -0.05) is 45.8 Å². The SMILES string of the molecule is CSC(C)(C)CCCC(C)C/C=C/C(C)=C\C(=O)OC(C)C. The Morgan fingerprint density at radius 2 is 1.91 bits per heavy atom. The average Bonchev–Trinajstić information content (AvgIpc) is 2.37. The molecule has 22 heavy (non-hydrogen) atoms. The van der Waals surface area contributed by atoms with Crippen LogP contribution in [-0.2, 0) is 9.53 Å². The predicted molar refractivity (Wildman–Crippen MR) is 99.4 cm³/mol. The van der Waals surface area contributed by atoms with Gasteiger partial charge in [0.2, 0.25) is 0 Å². The van der Waals surface area contributed by atoms with Crippen LogP contribution in [0.5, 0.6) is 0 Å². The van der Waals surface area contributed by atoms with E-state index in [1.807, 2.05) is 38.6 Å². The number of carbonyl (C=O) groups is 1. The minimum absolute atomic E-state index is 0.0638. The molecule has 0 radical (unpaired) electrons. The minimum atomic E-state index is -0.260. The Morgan fingerprint density at radius 3 is 2.45 bits per heavy atom. The third-order valence-corrected chi connectivity index (χ3v) is 4.95. The summed E-state index contributed by atoms with van der Waals surface area (Å²) in [5, 5.41) is 0. The zero-order chi connectivity index (χ0) is 17.2. The number of rotatable bonds is 10. The van der Waals surface area contributed by atoms with Crippen LogP contribution in [0.15, 0.2) is 23.8 Å². The van der Waals surface area contributed by atoms with Gasteiger partial charge in [-0.25, -0.2) is 4.79 Å². The first kappa shape index (κ1) is 21.3. The largest absolute Gasteiger partial charge is 0.460 e. The Hall–Kier alpha value is -0.700. The van der Waals surface area contributed by atoms with Crippen molar-refractivity contribution in [1.82, 2.24) is 0 Å². The van der Waals surface area contributed by atoms with E-state index in [-0.39, 0.29) is 12.1 Å². The van der Waals surface area contributed by atoms with Crippen LogP contribution < -0.4 is 0 Å². The zero-order valence-electron chi connectivity index (χ0n) is 15.4. The Morgan fingerprint density at radius 1 is 1.27 bits per heavy atom. The Balaban J connectivity index is 4.05. The highest BCUT2D eigenvalue weighted by atomic mass is 32.2. The highest BCUT2D eigenvalue weighted by Gasteiger charge is 2.15. The molecule has 0 heterocycles. The third kappa shape index (κ3) is 11.9. The van der Waals surface area contributed by atoms with Gasteiger partial charge in [0, 0.05) is 10.8 Å². The van der Waals surface area contributed by atoms with Crippen LogP contribution in [0.4, 0.5) is 0 Å². The van der Waals surface area contributed by atoms with E-state index in [4.69, 9.17) is 4.74 Å². The van der Waals surface area contributed by atoms with Crippen molar-refractivity contribution >= 4 is 17.7 Å². The number of thioether (sulfide) groups is 1. The molecule has 3 heteroatoms. The van der Waals surface area contributed by atoms with Gasteiger partial charge in [-0.2, -0.15) is 11.8 Å². The van der Waals surface area contributed by atoms with Gasteiger partial charge in [0.1, 0.15) is 0 Å². The molecule has 128 valence electrons. The molecule has 0 rings (SSSR count). The van der Waals surface area contributed by atoms with Crippen LogP contribution in [-0.4, -0.2) is 23.1 Å². The molecule has 1 unspecified atom stereocenters. The summed E-state index contributed by atoms with van der Waals surface area (Å²) >= 11 is 1.95. The Bertz CT molecular complexity index is 381. The maximum atomic E-state index is 11.5. The second kappa shape index (κ2) is 10.9. The molecule has 2 nitrogen and oxygen atoms in total. The van der Waals surface area contributed by atoms with Gasteiger partial charge in [0.05, 0.1) is 6.10 Å². The van der Waals surface area contributed by atoms with Gasteiger partial charge < -0.3 is 4.74 Å². The van der Waals surface area contributed by atoms with Crippen molar-refractivity contribution in [3.8, 4) is 0 Å². The van der Waals surface area contributed by atoms with E-state index < -0.39 is 0 Å². The molecular formula is C19H34O2S. The van der Waals surface area contributed by atoms with Crippen LogP contribution in [0, 0.1) is 5.92 Å². The molecule has 0 spiro atoms. The van der Waals surface area contributed by atoms with Crippen molar-refractivity contribution in [1.29, 1.82) is 0 Å². The van der Waals surface area contributed by atoms with Gasteiger partial charge in [0.15, 0.2) is 0 Å². The molecule has 0 fully saturated rings. The lowest BCUT2D eigenvalue weighted by Gasteiger charge is -2.22. The summed E-state index contributed by atoms with van der Waals surface area (Å²) in [4.78, 5) is 11.5. The highest BCUT2D eigenvalue weighted by molar-refractivity contribution is 7.99. The fraction of sp³-hybridized carbons (Fsp3) is 0.737. The molecule has 0 aliphatic rings. The lowest BCUT2D eigenvalue weighted by atomic mass is 9.96. The molecule has 0 aromatic carbocycles. The van der Waals surface area contributed by atoms with E-state index in [1.165, 1.54) is 19.3 Å². The van der Waals surface area contributed by atoms with Crippen molar-refractivity contribution in [2.75, 3.05) is 6.26 Å². The molecule has 0 N–H and O–H groups in total. The van der Waals surface area contributed by atoms with E-state index >= 15 is 0 Å². The van der Waals surface area contributed by atoms with Crippen LogP contribution in [0.25, 0.3) is 0 Å². The lowest BCUT2D eigenvalue weighted by molar-refractivity contribution is -0.141. The van der Waals surface area contributed by atoms with Crippen LogP contribution in [0.3, 0.4) is 0 Å². The van der Waals surface area contributed by atoms with Gasteiger partial charge in [-0.3, -0.25) is 0 Å². The van der Waals surface area contributed by atoms with Gasteiger partial charge in [-0.05, 0) is 51.4 Å². The molecule has 0 aromatic heterocycles. The van der Waals surface area contributed by atoms with Gasteiger partial charge in [0.25, 0.3) is 0 Å². The molecule has 1 atom stereocenters. The number of hydrogen-bond acceptors (Lipinski definition) is 3. The Kier molecular flexibility index (Phi) is 10.6. The molecule has 0 amide bonds. The summed E-state index contributed by atoms with van der Waals surface area (Å²) in [5.74, 6) is 0.425. The van der Waals surface area contributed by atoms with Crippen LogP contribution >= 0.6 is 11.8 Å². The first-order valence-corrected chi connectivity index (χ1v) is 9.49. The van der Waals surface area contributed by atoms with Crippen molar-refractivity contribution in [2.45, 2.75) is 78.1 Å². The minimum Gasteiger partial charge on any atom is -0.460 e. The number of esters is 1. The third-order valence-electron chi connectivity index (χ3n) is 3.64. The summed E-state index contributed by atoms with van der Waals surface area (Å²) in [6.45, 7) is 12.6. The smallest absolute Gasteiger partial charge is 0.331 e. The van der Waals surface area contributed by atoms with Crippen molar-refractivity contribution in [3.63, 3.8) is 0 Å². The number of allylic oxidation sites excluding steroid dienone is 3. The summed E-state index contributed by atoms with van der Waals surface area (Å²) in [6.07, 6.45) is 12.7. The standard InChI is InChI=1S/C19H34O2S/c1-15(2)21-18(20)14-17(4)11-8-10-16(3)12-9-13-19(5,6)22-7/h8,11,14-16H,9-10,12-13H2,1-7H3/b11-8+,17-14-. The van der Waals surface area contributed by atoms with Crippen molar-refractivity contribution < 1.29 is 9.53 Å². The maximum absolute atomic E-state index is 11.5. The van der Waals surface area contributed by atoms with E-state index in [9.17, 15) is 4.79 Å². The maximum Gasteiger partial charge on any atom is 0.331 e. The molecule has 0 saturated heterocycles. The monoisotopic (exact) mass is 326 g/mol. The number of hydrogen-bond donors (Lipinski definition) is 0. The summed E-state index contributed by atoms with van der Waals surface area (Å²) in [7, 11) is 0. The molecule has 0 aliphatic carbocycles. The van der Waals surface area contributed by atoms with Crippen LogP contribution in [0.2, 0.25) is 0 Å². The first-order chi connectivity index (χ1) is 10.2. The van der Waals surface area contributed by atoms with Crippen molar-refractivity contribution in [2.24, 2.45) is 5.92 Å². The molecular weight excluding hydrogens is 292 g/mol. The second-order valence-corrected chi connectivity index (χ2v) is 8.49. The average molecular weight is 327 g/mol. The fourth-order valence-corrected chi connectivity index (χ4v) is 2.43.